The van der Waals surface area contributed by atoms with Gasteiger partial charge in [-0.25, -0.2) is 0 Å². The molecule has 3 fully saturated rings. The average Bonchev–Trinajstić information content (AvgIpc) is 3.14. The molecule has 17 heavy (non-hydrogen) atoms. The monoisotopic (exact) mass is 236 g/mol. The summed E-state index contributed by atoms with van der Waals surface area (Å²) in [6, 6.07) is 0. The zero-order chi connectivity index (χ0) is 11.7. The van der Waals surface area contributed by atoms with Crippen molar-refractivity contribution in [2.24, 2.45) is 11.3 Å². The molecular weight excluding hydrogens is 212 g/mol. The van der Waals surface area contributed by atoms with E-state index in [0.29, 0.717) is 17.2 Å². The molecule has 0 bridgehead atoms. The second-order valence-electron chi connectivity index (χ2n) is 6.11. The molecule has 2 aliphatic carbocycles. The first-order valence-electron chi connectivity index (χ1n) is 7.31. The second-order valence-corrected chi connectivity index (χ2v) is 6.11. The van der Waals surface area contributed by atoms with Gasteiger partial charge in [-0.05, 0) is 24.7 Å². The molecule has 1 atom stereocenters. The predicted molar refractivity (Wildman–Crippen MR) is 67.7 cm³/mol. The standard InChI is InChI=1S/C14H24N2O/c17-13(16-9-7-15-8-10-16)12-11-14(12)5-3-1-2-4-6-14/h12,15H,1-11H2. The van der Waals surface area contributed by atoms with Gasteiger partial charge in [0.1, 0.15) is 0 Å². The van der Waals surface area contributed by atoms with Crippen LogP contribution >= 0.6 is 0 Å². The van der Waals surface area contributed by atoms with Gasteiger partial charge in [0.15, 0.2) is 0 Å². The minimum absolute atomic E-state index is 0.388. The number of nitrogens with one attached hydrogen (secondary N) is 1. The number of rotatable bonds is 1. The zero-order valence-electron chi connectivity index (χ0n) is 10.7. The van der Waals surface area contributed by atoms with E-state index in [1.807, 2.05) is 0 Å². The quantitative estimate of drug-likeness (QED) is 0.752. The van der Waals surface area contributed by atoms with Crippen molar-refractivity contribution in [1.82, 2.24) is 10.2 Å². The van der Waals surface area contributed by atoms with Crippen LogP contribution in [-0.4, -0.2) is 37.0 Å². The van der Waals surface area contributed by atoms with E-state index in [0.717, 1.165) is 26.2 Å². The SMILES string of the molecule is O=C(C1CC12CCCCCC2)N1CCNCC1. The Morgan fingerprint density at radius 1 is 1.06 bits per heavy atom. The molecule has 96 valence electrons. The Kier molecular flexibility index (Phi) is 3.12. The molecule has 1 spiro atoms. The summed E-state index contributed by atoms with van der Waals surface area (Å²) in [6.45, 7) is 3.80. The molecule has 1 aliphatic heterocycles. The fourth-order valence-electron chi connectivity index (χ4n) is 3.79. The molecule has 0 aromatic heterocycles. The summed E-state index contributed by atoms with van der Waals surface area (Å²) in [6.07, 6.45) is 9.30. The molecule has 1 saturated heterocycles. The second kappa shape index (κ2) is 4.60. The van der Waals surface area contributed by atoms with Gasteiger partial charge in [-0.2, -0.15) is 0 Å². The number of hydrogen-bond donors (Lipinski definition) is 1. The maximum atomic E-state index is 12.4. The summed E-state index contributed by atoms with van der Waals surface area (Å²) in [4.78, 5) is 14.5. The Labute approximate surface area is 104 Å². The molecular formula is C14H24N2O. The highest BCUT2D eigenvalue weighted by Crippen LogP contribution is 2.61. The lowest BCUT2D eigenvalue weighted by atomic mass is 9.93. The predicted octanol–water partition coefficient (Wildman–Crippen LogP) is 1.78. The highest BCUT2D eigenvalue weighted by molar-refractivity contribution is 5.82. The van der Waals surface area contributed by atoms with Gasteiger partial charge in [0, 0.05) is 32.1 Å². The molecule has 3 aliphatic rings. The molecule has 1 amide bonds. The molecule has 1 N–H and O–H groups in total. The summed E-state index contributed by atoms with van der Waals surface area (Å²) < 4.78 is 0. The van der Waals surface area contributed by atoms with E-state index in [1.165, 1.54) is 44.9 Å². The maximum Gasteiger partial charge on any atom is 0.226 e. The van der Waals surface area contributed by atoms with Crippen LogP contribution in [0.25, 0.3) is 0 Å². The minimum Gasteiger partial charge on any atom is -0.340 e. The fourth-order valence-corrected chi connectivity index (χ4v) is 3.79. The van der Waals surface area contributed by atoms with Gasteiger partial charge in [-0.3, -0.25) is 4.79 Å². The normalized spacial score (nSPS) is 32.2. The van der Waals surface area contributed by atoms with Gasteiger partial charge in [0.05, 0.1) is 0 Å². The minimum atomic E-state index is 0.388. The molecule has 0 aromatic carbocycles. The first kappa shape index (κ1) is 11.5. The van der Waals surface area contributed by atoms with Crippen LogP contribution in [0.5, 0.6) is 0 Å². The third-order valence-corrected chi connectivity index (χ3v) is 5.02. The summed E-state index contributed by atoms with van der Waals surface area (Å²) in [5.41, 5.74) is 0.443. The highest BCUT2D eigenvalue weighted by Gasteiger charge is 2.57. The van der Waals surface area contributed by atoms with Gasteiger partial charge < -0.3 is 10.2 Å². The van der Waals surface area contributed by atoms with Crippen LogP contribution in [0.1, 0.15) is 44.9 Å². The number of nitrogens with zero attached hydrogens (tertiary/aromatic N) is 1. The van der Waals surface area contributed by atoms with Crippen molar-refractivity contribution in [3.63, 3.8) is 0 Å². The molecule has 0 aromatic rings. The Balaban J connectivity index is 1.60. The first-order chi connectivity index (χ1) is 8.32. The van der Waals surface area contributed by atoms with Crippen molar-refractivity contribution in [2.45, 2.75) is 44.9 Å². The highest BCUT2D eigenvalue weighted by atomic mass is 16.2. The van der Waals surface area contributed by atoms with Crippen LogP contribution in [0, 0.1) is 11.3 Å². The fraction of sp³-hybridized carbons (Fsp3) is 0.929. The molecule has 2 saturated carbocycles. The summed E-state index contributed by atoms with van der Waals surface area (Å²) in [5.74, 6) is 0.854. The molecule has 3 nitrogen and oxygen atoms in total. The third-order valence-electron chi connectivity index (χ3n) is 5.02. The summed E-state index contributed by atoms with van der Waals surface area (Å²) in [5, 5.41) is 3.32. The summed E-state index contributed by atoms with van der Waals surface area (Å²) >= 11 is 0. The van der Waals surface area contributed by atoms with Crippen LogP contribution in [0.4, 0.5) is 0 Å². The number of hydrogen-bond acceptors (Lipinski definition) is 2. The lowest BCUT2D eigenvalue weighted by Crippen LogP contribution is -2.47. The maximum absolute atomic E-state index is 12.4. The van der Waals surface area contributed by atoms with Gasteiger partial charge in [0.2, 0.25) is 5.91 Å². The van der Waals surface area contributed by atoms with E-state index < -0.39 is 0 Å². The van der Waals surface area contributed by atoms with Gasteiger partial charge in [-0.15, -0.1) is 0 Å². The summed E-state index contributed by atoms with van der Waals surface area (Å²) in [7, 11) is 0. The van der Waals surface area contributed by atoms with Crippen molar-refractivity contribution in [3.05, 3.63) is 0 Å². The largest absolute Gasteiger partial charge is 0.340 e. The van der Waals surface area contributed by atoms with Crippen molar-refractivity contribution >= 4 is 5.91 Å². The van der Waals surface area contributed by atoms with E-state index in [9.17, 15) is 4.79 Å². The first-order valence-corrected chi connectivity index (χ1v) is 7.31. The van der Waals surface area contributed by atoms with Crippen molar-refractivity contribution in [2.75, 3.05) is 26.2 Å². The third kappa shape index (κ3) is 2.22. The zero-order valence-corrected chi connectivity index (χ0v) is 10.7. The number of piperazine rings is 1. The Morgan fingerprint density at radius 2 is 1.71 bits per heavy atom. The molecule has 3 heteroatoms. The Hall–Kier alpha value is -0.570. The lowest BCUT2D eigenvalue weighted by Gasteiger charge is -2.28. The molecule has 1 heterocycles. The van der Waals surface area contributed by atoms with Crippen LogP contribution in [-0.2, 0) is 4.79 Å². The number of carbonyl (C=O) groups excluding carboxylic acids is 1. The number of carbonyl (C=O) groups is 1. The van der Waals surface area contributed by atoms with Crippen LogP contribution < -0.4 is 5.32 Å². The molecule has 0 radical (unpaired) electrons. The Morgan fingerprint density at radius 3 is 2.35 bits per heavy atom. The number of amides is 1. The molecule has 1 unspecified atom stereocenters. The van der Waals surface area contributed by atoms with Crippen molar-refractivity contribution in [1.29, 1.82) is 0 Å². The van der Waals surface area contributed by atoms with Gasteiger partial charge in [0.25, 0.3) is 0 Å². The lowest BCUT2D eigenvalue weighted by molar-refractivity contribution is -0.134. The van der Waals surface area contributed by atoms with Crippen LogP contribution in [0.15, 0.2) is 0 Å². The van der Waals surface area contributed by atoms with E-state index in [-0.39, 0.29) is 0 Å². The van der Waals surface area contributed by atoms with Crippen molar-refractivity contribution < 1.29 is 4.79 Å². The average molecular weight is 236 g/mol. The van der Waals surface area contributed by atoms with Crippen LogP contribution in [0.2, 0.25) is 0 Å². The van der Waals surface area contributed by atoms with E-state index >= 15 is 0 Å². The smallest absolute Gasteiger partial charge is 0.226 e. The molecule has 3 rings (SSSR count). The van der Waals surface area contributed by atoms with E-state index in [2.05, 4.69) is 10.2 Å². The van der Waals surface area contributed by atoms with E-state index in [1.54, 1.807) is 0 Å². The van der Waals surface area contributed by atoms with Crippen molar-refractivity contribution in [3.8, 4) is 0 Å². The Bertz CT molecular complexity index is 289. The topological polar surface area (TPSA) is 32.3 Å². The van der Waals surface area contributed by atoms with Gasteiger partial charge >= 0.3 is 0 Å². The van der Waals surface area contributed by atoms with E-state index in [4.69, 9.17) is 0 Å². The van der Waals surface area contributed by atoms with Gasteiger partial charge in [-0.1, -0.05) is 25.7 Å². The van der Waals surface area contributed by atoms with Crippen LogP contribution in [0.3, 0.4) is 0 Å².